The molecule has 2 saturated carbocycles. The summed E-state index contributed by atoms with van der Waals surface area (Å²) in [4.78, 5) is 19.7. The molecule has 3 aromatic rings. The van der Waals surface area contributed by atoms with E-state index in [1.165, 1.54) is 12.1 Å². The van der Waals surface area contributed by atoms with Gasteiger partial charge >= 0.3 is 0 Å². The third-order valence-electron chi connectivity index (χ3n) is 7.11. The lowest BCUT2D eigenvalue weighted by Gasteiger charge is -2.30. The SMILES string of the molecule is Cc1cnc([C@@]2(O)CC3CCC2[C@@H]3S(=O)(=O)c2cc(C(=O)Nc3cc(F)c(F)c(F)c3)ccc2Cl)[nH]1. The van der Waals surface area contributed by atoms with Gasteiger partial charge in [-0.1, -0.05) is 11.6 Å². The van der Waals surface area contributed by atoms with E-state index in [9.17, 15) is 31.5 Å². The fourth-order valence-corrected chi connectivity index (χ4v) is 8.44. The lowest BCUT2D eigenvalue weighted by atomic mass is 9.83. The number of nitrogens with zero attached hydrogens (tertiary/aromatic N) is 1. The summed E-state index contributed by atoms with van der Waals surface area (Å²) in [6, 6.07) is 4.82. The number of aliphatic hydroxyl groups is 1. The fourth-order valence-electron chi connectivity index (χ4n) is 5.55. The van der Waals surface area contributed by atoms with Crippen molar-refractivity contribution in [3.63, 3.8) is 0 Å². The predicted octanol–water partition coefficient (Wildman–Crippen LogP) is 4.50. The number of rotatable bonds is 5. The second kappa shape index (κ2) is 8.60. The summed E-state index contributed by atoms with van der Waals surface area (Å²) in [5.74, 6) is -6.16. The van der Waals surface area contributed by atoms with Crippen LogP contribution in [0.25, 0.3) is 0 Å². The number of hydrogen-bond donors (Lipinski definition) is 3. The highest BCUT2D eigenvalue weighted by Crippen LogP contribution is 2.58. The number of aromatic amines is 1. The molecule has 1 heterocycles. The van der Waals surface area contributed by atoms with Crippen LogP contribution >= 0.6 is 11.6 Å². The van der Waals surface area contributed by atoms with E-state index in [2.05, 4.69) is 15.3 Å². The van der Waals surface area contributed by atoms with Crippen LogP contribution in [0.2, 0.25) is 5.02 Å². The third kappa shape index (κ3) is 3.89. The Kier molecular flexibility index (Phi) is 5.92. The van der Waals surface area contributed by atoms with Gasteiger partial charge in [0, 0.05) is 41.2 Å². The Morgan fingerprint density at radius 2 is 1.89 bits per heavy atom. The Morgan fingerprint density at radius 1 is 1.19 bits per heavy atom. The van der Waals surface area contributed by atoms with E-state index in [-0.39, 0.29) is 33.5 Å². The van der Waals surface area contributed by atoms with Gasteiger partial charge in [0.25, 0.3) is 5.91 Å². The van der Waals surface area contributed by atoms with E-state index in [0.717, 1.165) is 11.8 Å². The molecule has 0 saturated heterocycles. The molecule has 5 rings (SSSR count). The summed E-state index contributed by atoms with van der Waals surface area (Å²) >= 11 is 6.26. The van der Waals surface area contributed by atoms with E-state index >= 15 is 0 Å². The molecule has 12 heteroatoms. The number of aryl methyl sites for hydroxylation is 1. The number of fused-ring (bicyclic) bond motifs is 2. The monoisotopic (exact) mass is 539 g/mol. The first-order chi connectivity index (χ1) is 16.9. The molecule has 2 unspecified atom stereocenters. The second-order valence-electron chi connectivity index (χ2n) is 9.35. The number of hydrogen-bond acceptors (Lipinski definition) is 5. The molecular weight excluding hydrogens is 519 g/mol. The summed E-state index contributed by atoms with van der Waals surface area (Å²) in [6.07, 6.45) is 2.87. The lowest BCUT2D eigenvalue weighted by molar-refractivity contribution is -0.0253. The van der Waals surface area contributed by atoms with Gasteiger partial charge in [-0.25, -0.2) is 26.6 Å². The number of benzene rings is 2. The van der Waals surface area contributed by atoms with Crippen LogP contribution in [-0.4, -0.2) is 34.6 Å². The van der Waals surface area contributed by atoms with Gasteiger partial charge in [0.15, 0.2) is 27.3 Å². The van der Waals surface area contributed by atoms with Crippen LogP contribution in [0.3, 0.4) is 0 Å². The molecule has 0 radical (unpaired) electrons. The van der Waals surface area contributed by atoms with Crippen molar-refractivity contribution >= 4 is 33.0 Å². The fraction of sp³-hybridized carbons (Fsp3) is 0.333. The standard InChI is InChI=1S/C24H21ClF3N3O4S/c1-11-10-29-23(30-11)24(33)9-13-2-4-15(24)21(13)36(34,35)19-6-12(3-5-16(19)25)22(32)31-14-7-17(26)20(28)18(27)8-14/h3,5-8,10,13,15,21,33H,2,4,9H2,1H3,(H,29,30)(H,31,32)/t13?,15?,21-,24-/m1/s1. The van der Waals surface area contributed by atoms with Gasteiger partial charge in [0.1, 0.15) is 11.4 Å². The maximum atomic E-state index is 13.8. The Balaban J connectivity index is 1.46. The molecule has 3 N–H and O–H groups in total. The van der Waals surface area contributed by atoms with Crippen molar-refractivity contribution < 1.29 is 31.5 Å². The minimum absolute atomic E-state index is 0.103. The van der Waals surface area contributed by atoms with E-state index in [0.29, 0.717) is 30.8 Å². The van der Waals surface area contributed by atoms with Gasteiger partial charge in [-0.05, 0) is 50.3 Å². The number of anilines is 1. The number of carbonyl (C=O) groups is 1. The van der Waals surface area contributed by atoms with Crippen LogP contribution in [0.4, 0.5) is 18.9 Å². The molecule has 4 atom stereocenters. The average molecular weight is 540 g/mol. The van der Waals surface area contributed by atoms with E-state index in [1.54, 1.807) is 13.1 Å². The maximum absolute atomic E-state index is 13.8. The maximum Gasteiger partial charge on any atom is 0.255 e. The highest BCUT2D eigenvalue weighted by atomic mass is 35.5. The van der Waals surface area contributed by atoms with Gasteiger partial charge in [-0.3, -0.25) is 4.79 Å². The molecule has 36 heavy (non-hydrogen) atoms. The highest BCUT2D eigenvalue weighted by Gasteiger charge is 2.63. The van der Waals surface area contributed by atoms with Crippen molar-refractivity contribution in [2.24, 2.45) is 11.8 Å². The number of sulfone groups is 1. The Morgan fingerprint density at radius 3 is 2.53 bits per heavy atom. The highest BCUT2D eigenvalue weighted by molar-refractivity contribution is 7.92. The zero-order valence-electron chi connectivity index (χ0n) is 18.9. The molecule has 0 aliphatic heterocycles. The Hall–Kier alpha value is -2.89. The first-order valence-electron chi connectivity index (χ1n) is 11.2. The molecule has 2 fully saturated rings. The minimum atomic E-state index is -4.11. The molecule has 2 aliphatic carbocycles. The lowest BCUT2D eigenvalue weighted by Crippen LogP contribution is -2.37. The van der Waals surface area contributed by atoms with Crippen LogP contribution in [0.5, 0.6) is 0 Å². The zero-order valence-corrected chi connectivity index (χ0v) is 20.4. The van der Waals surface area contributed by atoms with Crippen molar-refractivity contribution in [1.82, 2.24) is 9.97 Å². The number of carbonyl (C=O) groups excluding carboxylic acids is 1. The molecular formula is C24H21ClF3N3O4S. The number of aromatic nitrogens is 2. The third-order valence-corrected chi connectivity index (χ3v) is 9.93. The van der Waals surface area contributed by atoms with Crippen molar-refractivity contribution in [3.05, 3.63) is 76.1 Å². The van der Waals surface area contributed by atoms with Crippen LogP contribution in [-0.2, 0) is 15.4 Å². The molecule has 2 bridgehead atoms. The predicted molar refractivity (Wildman–Crippen MR) is 125 cm³/mol. The molecule has 190 valence electrons. The quantitative estimate of drug-likeness (QED) is 0.413. The molecule has 2 aliphatic rings. The number of nitrogens with one attached hydrogen (secondary N) is 2. The van der Waals surface area contributed by atoms with Gasteiger partial charge in [-0.2, -0.15) is 0 Å². The summed E-state index contributed by atoms with van der Waals surface area (Å²) in [5.41, 5.74) is -1.18. The normalized spacial score (nSPS) is 25.3. The largest absolute Gasteiger partial charge is 0.382 e. The van der Waals surface area contributed by atoms with Crippen molar-refractivity contribution in [3.8, 4) is 0 Å². The Labute approximate surface area is 209 Å². The van der Waals surface area contributed by atoms with Crippen molar-refractivity contribution in [2.45, 2.75) is 41.9 Å². The van der Waals surface area contributed by atoms with Crippen LogP contribution < -0.4 is 5.32 Å². The summed E-state index contributed by atoms with van der Waals surface area (Å²) in [7, 11) is -4.11. The second-order valence-corrected chi connectivity index (χ2v) is 11.8. The van der Waals surface area contributed by atoms with Gasteiger partial charge in [0.05, 0.1) is 15.2 Å². The van der Waals surface area contributed by atoms with E-state index in [4.69, 9.17) is 11.6 Å². The Bertz CT molecular complexity index is 1470. The zero-order chi connectivity index (χ0) is 26.0. The first-order valence-corrected chi connectivity index (χ1v) is 13.1. The molecule has 1 amide bonds. The van der Waals surface area contributed by atoms with E-state index < -0.39 is 50.0 Å². The van der Waals surface area contributed by atoms with Gasteiger partial charge < -0.3 is 15.4 Å². The number of halogens is 4. The topological polar surface area (TPSA) is 112 Å². The summed E-state index contributed by atoms with van der Waals surface area (Å²) in [5, 5.41) is 12.6. The van der Waals surface area contributed by atoms with Gasteiger partial charge in [-0.15, -0.1) is 0 Å². The summed E-state index contributed by atoms with van der Waals surface area (Å²) in [6.45, 7) is 1.78. The molecule has 1 aromatic heterocycles. The average Bonchev–Trinajstić information content (AvgIpc) is 3.51. The van der Waals surface area contributed by atoms with Crippen molar-refractivity contribution in [2.75, 3.05) is 5.32 Å². The van der Waals surface area contributed by atoms with Crippen molar-refractivity contribution in [1.29, 1.82) is 0 Å². The number of amides is 1. The summed E-state index contributed by atoms with van der Waals surface area (Å²) < 4.78 is 67.8. The van der Waals surface area contributed by atoms with Crippen LogP contribution in [0.15, 0.2) is 41.4 Å². The minimum Gasteiger partial charge on any atom is -0.382 e. The van der Waals surface area contributed by atoms with Gasteiger partial charge in [0.2, 0.25) is 0 Å². The number of H-pyrrole nitrogens is 1. The first kappa shape index (κ1) is 24.8. The molecule has 2 aromatic carbocycles. The van der Waals surface area contributed by atoms with Crippen LogP contribution in [0.1, 0.15) is 41.1 Å². The van der Waals surface area contributed by atoms with E-state index in [1.807, 2.05) is 0 Å². The van der Waals surface area contributed by atoms with Crippen LogP contribution in [0, 0.1) is 36.2 Å². The number of imidazole rings is 1. The molecule has 7 nitrogen and oxygen atoms in total. The smallest absolute Gasteiger partial charge is 0.255 e. The molecule has 0 spiro atoms.